The van der Waals surface area contributed by atoms with E-state index in [0.717, 1.165) is 18.2 Å². The highest BCUT2D eigenvalue weighted by atomic mass is 35.5. The summed E-state index contributed by atoms with van der Waals surface area (Å²) < 4.78 is 45.0. The van der Waals surface area contributed by atoms with E-state index in [1.165, 1.54) is 6.33 Å². The number of hydrogen-bond donors (Lipinski definition) is 2. The normalized spacial score (nSPS) is 11.2. The number of halogens is 4. The number of urea groups is 1. The Morgan fingerprint density at radius 3 is 2.59 bits per heavy atom. The summed E-state index contributed by atoms with van der Waals surface area (Å²) in [6.45, 7) is 3.70. The Hall–Kier alpha value is -4.25. The average molecular weight is 529 g/mol. The van der Waals surface area contributed by atoms with Gasteiger partial charge >= 0.3 is 12.2 Å². The molecule has 0 unspecified atom stereocenters. The van der Waals surface area contributed by atoms with Crippen LogP contribution < -0.4 is 15.4 Å². The molecule has 4 rings (SSSR count). The molecule has 2 amide bonds. The highest BCUT2D eigenvalue weighted by Gasteiger charge is 2.31. The molecular formula is C25H20ClF3N6O2. The maximum atomic E-state index is 13.0. The molecule has 0 radical (unpaired) electrons. The van der Waals surface area contributed by atoms with Crippen molar-refractivity contribution in [2.45, 2.75) is 26.4 Å². The summed E-state index contributed by atoms with van der Waals surface area (Å²) in [7, 11) is 0. The second kappa shape index (κ2) is 10.8. The number of aryl methyl sites for hydroxylation is 2. The third-order valence-electron chi connectivity index (χ3n) is 5.13. The van der Waals surface area contributed by atoms with Gasteiger partial charge in [-0.15, -0.1) is 0 Å². The Kier molecular flexibility index (Phi) is 7.53. The van der Waals surface area contributed by atoms with Crippen molar-refractivity contribution in [1.29, 1.82) is 0 Å². The van der Waals surface area contributed by atoms with Gasteiger partial charge in [0.2, 0.25) is 5.88 Å². The van der Waals surface area contributed by atoms with E-state index >= 15 is 0 Å². The molecule has 0 atom stereocenters. The molecule has 2 heterocycles. The molecular weight excluding hydrogens is 509 g/mol. The van der Waals surface area contributed by atoms with Gasteiger partial charge in [-0.05, 0) is 61.0 Å². The van der Waals surface area contributed by atoms with Crippen molar-refractivity contribution in [2.24, 2.45) is 0 Å². The summed E-state index contributed by atoms with van der Waals surface area (Å²) in [5, 5.41) is 4.88. The second-order valence-electron chi connectivity index (χ2n) is 7.79. The molecule has 2 aromatic heterocycles. The molecule has 0 aliphatic rings. The number of nitrogens with zero attached hydrogens (tertiary/aromatic N) is 4. The minimum Gasteiger partial charge on any atom is -0.438 e. The molecule has 2 N–H and O–H groups in total. The number of alkyl halides is 3. The van der Waals surface area contributed by atoms with Crippen molar-refractivity contribution in [3.05, 3.63) is 83.0 Å². The van der Waals surface area contributed by atoms with Crippen LogP contribution in [-0.4, -0.2) is 26.0 Å². The number of benzene rings is 2. The van der Waals surface area contributed by atoms with Gasteiger partial charge in [0.05, 0.1) is 21.8 Å². The van der Waals surface area contributed by atoms with Gasteiger partial charge in [-0.2, -0.15) is 13.2 Å². The van der Waals surface area contributed by atoms with Crippen molar-refractivity contribution in [3.8, 4) is 23.0 Å². The van der Waals surface area contributed by atoms with Crippen LogP contribution in [0.4, 0.5) is 29.3 Å². The largest absolute Gasteiger partial charge is 0.438 e. The monoisotopic (exact) mass is 528 g/mol. The molecule has 0 bridgehead atoms. The molecule has 2 aromatic carbocycles. The molecule has 8 nitrogen and oxygen atoms in total. The summed E-state index contributed by atoms with van der Waals surface area (Å²) in [6, 6.07) is 10.3. The number of hydrogen-bond acceptors (Lipinski definition) is 6. The van der Waals surface area contributed by atoms with Crippen LogP contribution in [0.1, 0.15) is 23.9 Å². The van der Waals surface area contributed by atoms with Crippen molar-refractivity contribution < 1.29 is 22.7 Å². The van der Waals surface area contributed by atoms with Crippen LogP contribution in [0.2, 0.25) is 5.02 Å². The molecule has 0 saturated heterocycles. The Morgan fingerprint density at radius 2 is 1.86 bits per heavy atom. The minimum atomic E-state index is -4.57. The molecule has 4 aromatic rings. The summed E-state index contributed by atoms with van der Waals surface area (Å²) in [6.07, 6.45) is -0.913. The van der Waals surface area contributed by atoms with Gasteiger partial charge < -0.3 is 15.4 Å². The molecule has 190 valence electrons. The van der Waals surface area contributed by atoms with Gasteiger partial charge in [0, 0.05) is 18.3 Å². The number of aromatic nitrogens is 4. The predicted molar refractivity (Wildman–Crippen MR) is 133 cm³/mol. The third kappa shape index (κ3) is 6.31. The highest BCUT2D eigenvalue weighted by molar-refractivity contribution is 6.33. The lowest BCUT2D eigenvalue weighted by atomic mass is 10.2. The smallest absolute Gasteiger partial charge is 0.416 e. The van der Waals surface area contributed by atoms with E-state index in [0.29, 0.717) is 40.6 Å². The van der Waals surface area contributed by atoms with Gasteiger partial charge in [-0.25, -0.2) is 24.7 Å². The van der Waals surface area contributed by atoms with E-state index < -0.39 is 17.8 Å². The quantitative estimate of drug-likeness (QED) is 0.282. The van der Waals surface area contributed by atoms with E-state index in [1.54, 1.807) is 43.5 Å². The van der Waals surface area contributed by atoms with Gasteiger partial charge in [0.1, 0.15) is 17.9 Å². The number of carbonyl (C=O) groups is 1. The summed E-state index contributed by atoms with van der Waals surface area (Å²) >= 11 is 5.95. The first-order chi connectivity index (χ1) is 17.6. The zero-order chi connectivity index (χ0) is 26.6. The second-order valence-corrected chi connectivity index (χ2v) is 8.20. The Bertz CT molecular complexity index is 1450. The van der Waals surface area contributed by atoms with Crippen LogP contribution in [0, 0.1) is 6.92 Å². The fourth-order valence-corrected chi connectivity index (χ4v) is 3.47. The first kappa shape index (κ1) is 25.8. The van der Waals surface area contributed by atoms with Crippen molar-refractivity contribution in [2.75, 3.05) is 10.6 Å². The van der Waals surface area contributed by atoms with Gasteiger partial charge in [0.25, 0.3) is 0 Å². The Morgan fingerprint density at radius 1 is 1.05 bits per heavy atom. The topological polar surface area (TPSA) is 102 Å². The van der Waals surface area contributed by atoms with E-state index in [4.69, 9.17) is 16.3 Å². The number of amides is 2. The molecule has 0 spiro atoms. The van der Waals surface area contributed by atoms with Crippen molar-refractivity contribution >= 4 is 29.0 Å². The van der Waals surface area contributed by atoms with E-state index in [2.05, 4.69) is 30.6 Å². The van der Waals surface area contributed by atoms with Crippen LogP contribution in [-0.2, 0) is 12.6 Å². The standard InChI is InChI=1S/C25H20ClF3N6O2/c1-3-21-31-13-32-22(35-21)17-5-4-10-30-23(17)37-20-9-7-16(11-14(20)2)33-24(36)34-19-12-15(25(27,28)29)6-8-18(19)26/h4-13H,3H2,1-2H3,(H2,33,34,36). The lowest BCUT2D eigenvalue weighted by Gasteiger charge is -2.14. The zero-order valence-electron chi connectivity index (χ0n) is 19.6. The van der Waals surface area contributed by atoms with Crippen LogP contribution >= 0.6 is 11.6 Å². The molecule has 0 aliphatic carbocycles. The average Bonchev–Trinajstić information content (AvgIpc) is 2.86. The van der Waals surface area contributed by atoms with Crippen LogP contribution in [0.3, 0.4) is 0 Å². The third-order valence-corrected chi connectivity index (χ3v) is 5.46. The molecule has 0 fully saturated rings. The molecule has 0 saturated carbocycles. The van der Waals surface area contributed by atoms with Crippen LogP contribution in [0.25, 0.3) is 11.4 Å². The number of rotatable bonds is 6. The first-order valence-corrected chi connectivity index (χ1v) is 11.4. The van der Waals surface area contributed by atoms with E-state index in [1.807, 2.05) is 6.92 Å². The Balaban J connectivity index is 1.49. The van der Waals surface area contributed by atoms with Crippen molar-refractivity contribution in [1.82, 2.24) is 19.9 Å². The first-order valence-electron chi connectivity index (χ1n) is 11.0. The lowest BCUT2D eigenvalue weighted by Crippen LogP contribution is -2.20. The minimum absolute atomic E-state index is 0.0292. The fraction of sp³-hybridized carbons (Fsp3) is 0.160. The van der Waals surface area contributed by atoms with Crippen molar-refractivity contribution in [3.63, 3.8) is 0 Å². The SMILES string of the molecule is CCc1ncnc(-c2cccnc2Oc2ccc(NC(=O)Nc3cc(C(F)(F)F)ccc3Cl)cc2C)n1. The Labute approximate surface area is 214 Å². The predicted octanol–water partition coefficient (Wildman–Crippen LogP) is 6.91. The summed E-state index contributed by atoms with van der Waals surface area (Å²) in [5.74, 6) is 1.82. The zero-order valence-corrected chi connectivity index (χ0v) is 20.4. The van der Waals surface area contributed by atoms with Gasteiger partial charge in [-0.1, -0.05) is 18.5 Å². The van der Waals surface area contributed by atoms with E-state index in [9.17, 15) is 18.0 Å². The lowest BCUT2D eigenvalue weighted by molar-refractivity contribution is -0.137. The molecule has 12 heteroatoms. The number of carbonyl (C=O) groups excluding carboxylic acids is 1. The maximum absolute atomic E-state index is 13.0. The summed E-state index contributed by atoms with van der Waals surface area (Å²) in [5.41, 5.74) is 0.533. The molecule has 37 heavy (non-hydrogen) atoms. The van der Waals surface area contributed by atoms with E-state index in [-0.39, 0.29) is 16.6 Å². The maximum Gasteiger partial charge on any atom is 0.416 e. The van der Waals surface area contributed by atoms with Gasteiger partial charge in [0.15, 0.2) is 5.82 Å². The van der Waals surface area contributed by atoms with Gasteiger partial charge in [-0.3, -0.25) is 0 Å². The molecule has 0 aliphatic heterocycles. The number of pyridine rings is 1. The number of ether oxygens (including phenoxy) is 1. The number of anilines is 2. The summed E-state index contributed by atoms with van der Waals surface area (Å²) in [4.78, 5) is 29.5. The highest BCUT2D eigenvalue weighted by Crippen LogP contribution is 2.34. The van der Waals surface area contributed by atoms with Crippen LogP contribution in [0.15, 0.2) is 61.1 Å². The fourth-order valence-electron chi connectivity index (χ4n) is 3.30. The van der Waals surface area contributed by atoms with Crippen LogP contribution in [0.5, 0.6) is 11.6 Å². The number of nitrogens with one attached hydrogen (secondary N) is 2.